The van der Waals surface area contributed by atoms with Gasteiger partial charge in [0.05, 0.1) is 0 Å². The molecule has 2 nitrogen and oxygen atoms in total. The van der Waals surface area contributed by atoms with Gasteiger partial charge in [-0.3, -0.25) is 0 Å². The van der Waals surface area contributed by atoms with Crippen LogP contribution >= 0.6 is 0 Å². The number of aliphatic carboxylic acids is 1. The van der Waals surface area contributed by atoms with Gasteiger partial charge in [0.2, 0.25) is 6.17 Å². The zero-order chi connectivity index (χ0) is 11.0. The molecule has 0 spiro atoms. The van der Waals surface area contributed by atoms with Gasteiger partial charge in [-0.15, -0.1) is 0 Å². The van der Waals surface area contributed by atoms with Crippen LogP contribution in [0.25, 0.3) is 5.57 Å². The Morgan fingerprint density at radius 3 is 2.87 bits per heavy atom. The number of allylic oxidation sites excluding steroid dienone is 1. The molecule has 1 N–H and O–H groups in total. The Hall–Kier alpha value is -1.71. The third kappa shape index (κ3) is 1.52. The van der Waals surface area contributed by atoms with Gasteiger partial charge in [0.25, 0.3) is 0 Å². The molecule has 78 valence electrons. The smallest absolute Gasteiger partial charge is 0.343 e. The van der Waals surface area contributed by atoms with Crippen molar-refractivity contribution in [2.75, 3.05) is 0 Å². The second-order valence-electron chi connectivity index (χ2n) is 3.33. The first kappa shape index (κ1) is 9.83. The first-order chi connectivity index (χ1) is 7.11. The average Bonchev–Trinajstić information content (AvgIpc) is 2.61. The molecule has 0 radical (unpaired) electrons. The summed E-state index contributed by atoms with van der Waals surface area (Å²) in [5, 5.41) is 8.53. The van der Waals surface area contributed by atoms with Crippen LogP contribution in [-0.2, 0) is 11.2 Å². The SMILES string of the molecule is O=C(O)C(F)C1=CCc2c(F)cccc21. The lowest BCUT2D eigenvalue weighted by Gasteiger charge is -2.07. The molecule has 1 atom stereocenters. The Morgan fingerprint density at radius 2 is 2.20 bits per heavy atom. The van der Waals surface area contributed by atoms with Gasteiger partial charge >= 0.3 is 5.97 Å². The maximum Gasteiger partial charge on any atom is 0.343 e. The van der Waals surface area contributed by atoms with E-state index >= 15 is 0 Å². The molecule has 4 heteroatoms. The van der Waals surface area contributed by atoms with E-state index < -0.39 is 18.0 Å². The first-order valence-electron chi connectivity index (χ1n) is 4.46. The summed E-state index contributed by atoms with van der Waals surface area (Å²) >= 11 is 0. The van der Waals surface area contributed by atoms with Gasteiger partial charge in [-0.05, 0) is 23.6 Å². The Labute approximate surface area is 84.8 Å². The largest absolute Gasteiger partial charge is 0.479 e. The Balaban J connectivity index is 2.43. The van der Waals surface area contributed by atoms with Gasteiger partial charge < -0.3 is 5.11 Å². The summed E-state index contributed by atoms with van der Waals surface area (Å²) in [6.07, 6.45) is -0.398. The fourth-order valence-electron chi connectivity index (χ4n) is 1.73. The summed E-state index contributed by atoms with van der Waals surface area (Å²) in [6, 6.07) is 4.26. The van der Waals surface area contributed by atoms with Crippen LogP contribution in [0, 0.1) is 5.82 Å². The lowest BCUT2D eigenvalue weighted by molar-refractivity contribution is -0.140. The van der Waals surface area contributed by atoms with Crippen LogP contribution in [0.1, 0.15) is 11.1 Å². The number of hydrogen-bond acceptors (Lipinski definition) is 1. The van der Waals surface area contributed by atoms with E-state index in [2.05, 4.69) is 0 Å². The molecule has 1 aliphatic carbocycles. The number of rotatable bonds is 2. The highest BCUT2D eigenvalue weighted by Crippen LogP contribution is 2.32. The van der Waals surface area contributed by atoms with Crippen LogP contribution in [-0.4, -0.2) is 17.2 Å². The number of alkyl halides is 1. The molecule has 2 rings (SSSR count). The third-order valence-corrected chi connectivity index (χ3v) is 2.45. The lowest BCUT2D eigenvalue weighted by atomic mass is 10.0. The van der Waals surface area contributed by atoms with Crippen molar-refractivity contribution in [1.29, 1.82) is 0 Å². The number of benzene rings is 1. The fraction of sp³-hybridized carbons (Fsp3) is 0.182. The summed E-state index contributed by atoms with van der Waals surface area (Å²) in [5.74, 6) is -1.96. The predicted octanol–water partition coefficient (Wildman–Crippen LogP) is 2.19. The minimum atomic E-state index is -2.08. The highest BCUT2D eigenvalue weighted by molar-refractivity contribution is 5.92. The minimum absolute atomic E-state index is 0.0528. The molecule has 1 unspecified atom stereocenters. The molecular formula is C11H8F2O2. The van der Waals surface area contributed by atoms with E-state index in [1.807, 2.05) is 0 Å². The van der Waals surface area contributed by atoms with Crippen LogP contribution in [0.4, 0.5) is 8.78 Å². The van der Waals surface area contributed by atoms with Crippen LogP contribution in [0.15, 0.2) is 24.3 Å². The van der Waals surface area contributed by atoms with Crippen molar-refractivity contribution in [3.05, 3.63) is 41.2 Å². The van der Waals surface area contributed by atoms with Crippen molar-refractivity contribution in [2.45, 2.75) is 12.6 Å². The van der Waals surface area contributed by atoms with Crippen LogP contribution in [0.5, 0.6) is 0 Å². The molecule has 0 saturated heterocycles. The molecule has 0 bridgehead atoms. The van der Waals surface area contributed by atoms with Gasteiger partial charge in [-0.2, -0.15) is 0 Å². The monoisotopic (exact) mass is 210 g/mol. The fourth-order valence-corrected chi connectivity index (χ4v) is 1.73. The van der Waals surface area contributed by atoms with Crippen LogP contribution < -0.4 is 0 Å². The molecular weight excluding hydrogens is 202 g/mol. The molecule has 0 amide bonds. The molecule has 0 heterocycles. The second kappa shape index (κ2) is 3.46. The van der Waals surface area contributed by atoms with Crippen molar-refractivity contribution in [2.24, 2.45) is 0 Å². The van der Waals surface area contributed by atoms with Crippen molar-refractivity contribution in [3.63, 3.8) is 0 Å². The van der Waals surface area contributed by atoms with E-state index in [4.69, 9.17) is 5.11 Å². The van der Waals surface area contributed by atoms with E-state index in [1.54, 1.807) is 0 Å². The van der Waals surface area contributed by atoms with E-state index in [0.29, 0.717) is 11.1 Å². The molecule has 0 fully saturated rings. The predicted molar refractivity (Wildman–Crippen MR) is 50.6 cm³/mol. The van der Waals surface area contributed by atoms with E-state index in [1.165, 1.54) is 24.3 Å². The van der Waals surface area contributed by atoms with E-state index in [0.717, 1.165) is 0 Å². The second-order valence-corrected chi connectivity index (χ2v) is 3.33. The Kier molecular flexibility index (Phi) is 2.26. The van der Waals surface area contributed by atoms with Crippen molar-refractivity contribution in [3.8, 4) is 0 Å². The summed E-state index contributed by atoms with van der Waals surface area (Å²) in [7, 11) is 0. The average molecular weight is 210 g/mol. The molecule has 0 saturated carbocycles. The minimum Gasteiger partial charge on any atom is -0.479 e. The number of carboxylic acids is 1. The number of fused-ring (bicyclic) bond motifs is 1. The number of carboxylic acid groups (broad SMARTS) is 1. The van der Waals surface area contributed by atoms with Gasteiger partial charge in [0.15, 0.2) is 0 Å². The van der Waals surface area contributed by atoms with Crippen molar-refractivity contribution in [1.82, 2.24) is 0 Å². The molecule has 0 aromatic heterocycles. The summed E-state index contributed by atoms with van der Waals surface area (Å²) < 4.78 is 26.5. The topological polar surface area (TPSA) is 37.3 Å². The number of halogens is 2. The lowest BCUT2D eigenvalue weighted by Crippen LogP contribution is -2.15. The van der Waals surface area contributed by atoms with Gasteiger partial charge in [-0.25, -0.2) is 13.6 Å². The van der Waals surface area contributed by atoms with Gasteiger partial charge in [0.1, 0.15) is 5.82 Å². The summed E-state index contributed by atoms with van der Waals surface area (Å²) in [6.45, 7) is 0. The highest BCUT2D eigenvalue weighted by atomic mass is 19.1. The molecule has 1 aromatic rings. The van der Waals surface area contributed by atoms with Crippen molar-refractivity contribution >= 4 is 11.5 Å². The Morgan fingerprint density at radius 1 is 1.47 bits per heavy atom. The van der Waals surface area contributed by atoms with Crippen LogP contribution in [0.3, 0.4) is 0 Å². The van der Waals surface area contributed by atoms with E-state index in [9.17, 15) is 13.6 Å². The number of hydrogen-bond donors (Lipinski definition) is 1. The van der Waals surface area contributed by atoms with Gasteiger partial charge in [-0.1, -0.05) is 18.2 Å². The molecule has 1 aromatic carbocycles. The normalized spacial score (nSPS) is 15.7. The van der Waals surface area contributed by atoms with E-state index in [-0.39, 0.29) is 12.0 Å². The summed E-state index contributed by atoms with van der Waals surface area (Å²) in [5.41, 5.74) is 0.790. The maximum absolute atomic E-state index is 13.3. The number of carbonyl (C=O) groups is 1. The van der Waals surface area contributed by atoms with Crippen molar-refractivity contribution < 1.29 is 18.7 Å². The standard InChI is InChI=1S/C11H8F2O2/c12-9-3-1-2-6-7(9)4-5-8(6)10(13)11(14)15/h1-3,5,10H,4H2,(H,14,15). The Bertz CT molecular complexity index is 452. The molecule has 1 aliphatic rings. The summed E-state index contributed by atoms with van der Waals surface area (Å²) in [4.78, 5) is 10.5. The first-order valence-corrected chi connectivity index (χ1v) is 4.46. The third-order valence-electron chi connectivity index (χ3n) is 2.45. The maximum atomic E-state index is 13.3. The molecule has 15 heavy (non-hydrogen) atoms. The molecule has 0 aliphatic heterocycles. The zero-order valence-corrected chi connectivity index (χ0v) is 7.71. The van der Waals surface area contributed by atoms with Crippen LogP contribution in [0.2, 0.25) is 0 Å². The van der Waals surface area contributed by atoms with Gasteiger partial charge in [0, 0.05) is 5.57 Å². The quantitative estimate of drug-likeness (QED) is 0.812. The zero-order valence-electron chi connectivity index (χ0n) is 7.71. The highest BCUT2D eigenvalue weighted by Gasteiger charge is 2.28.